The van der Waals surface area contributed by atoms with Crippen LogP contribution in [0, 0.1) is 22.7 Å². The summed E-state index contributed by atoms with van der Waals surface area (Å²) in [7, 11) is 0. The van der Waals surface area contributed by atoms with Crippen molar-refractivity contribution < 1.29 is 9.53 Å². The van der Waals surface area contributed by atoms with Crippen LogP contribution in [0.4, 0.5) is 0 Å². The largest absolute Gasteiger partial charge is 0.425 e. The molecule has 0 unspecified atom stereocenters. The molecule has 0 N–H and O–H groups in total. The Labute approximate surface area is 206 Å². The van der Waals surface area contributed by atoms with Gasteiger partial charge in [0.2, 0.25) is 0 Å². The minimum atomic E-state index is -0.993. The number of benzene rings is 2. The Morgan fingerprint density at radius 3 is 2.06 bits per heavy atom. The number of unbranched alkanes of at least 4 members (excludes halogenated alkanes) is 5. The molecule has 1 aliphatic rings. The van der Waals surface area contributed by atoms with Crippen LogP contribution in [0.2, 0.25) is 0 Å². The molecule has 1 fully saturated rings. The zero-order valence-electron chi connectivity index (χ0n) is 21.2. The molecule has 3 rings (SSSR count). The Morgan fingerprint density at radius 1 is 0.882 bits per heavy atom. The van der Waals surface area contributed by atoms with E-state index in [1.807, 2.05) is 24.3 Å². The molecule has 0 spiro atoms. The van der Waals surface area contributed by atoms with E-state index >= 15 is 0 Å². The lowest BCUT2D eigenvalue weighted by Crippen LogP contribution is -2.37. The van der Waals surface area contributed by atoms with E-state index in [9.17, 15) is 10.1 Å². The average molecular weight is 460 g/mol. The molecule has 0 atom stereocenters. The smallest absolute Gasteiger partial charge is 0.331 e. The number of aryl methyl sites for hydroxylation is 1. The number of nitrogens with zero attached hydrogens (tertiary/aromatic N) is 1. The van der Waals surface area contributed by atoms with Crippen molar-refractivity contribution in [2.24, 2.45) is 11.3 Å². The van der Waals surface area contributed by atoms with Crippen LogP contribution < -0.4 is 4.74 Å². The molecule has 2 aromatic rings. The summed E-state index contributed by atoms with van der Waals surface area (Å²) in [5, 5.41) is 9.84. The van der Waals surface area contributed by atoms with Crippen molar-refractivity contribution in [3.63, 3.8) is 0 Å². The fourth-order valence-corrected chi connectivity index (χ4v) is 5.04. The zero-order chi connectivity index (χ0) is 24.2. The van der Waals surface area contributed by atoms with Crippen molar-refractivity contribution in [1.29, 1.82) is 5.26 Å². The summed E-state index contributed by atoms with van der Waals surface area (Å²) in [6, 6.07) is 18.7. The average Bonchev–Trinajstić information content (AvgIpc) is 2.88. The first-order valence-electron chi connectivity index (χ1n) is 13.4. The standard InChI is InChI=1S/C31H41NO2/c1-3-5-7-9-11-25-12-14-27(15-13-25)28-16-18-29(19-17-28)34-30(33)31(24-32)22-20-26(21-23-31)10-8-6-4-2/h12-19,26H,3-11,20-23H2,1-2H3. The summed E-state index contributed by atoms with van der Waals surface area (Å²) in [6.45, 7) is 4.46. The fourth-order valence-electron chi connectivity index (χ4n) is 5.04. The van der Waals surface area contributed by atoms with Gasteiger partial charge in [0.25, 0.3) is 0 Å². The van der Waals surface area contributed by atoms with Crippen molar-refractivity contribution in [3.8, 4) is 22.9 Å². The van der Waals surface area contributed by atoms with Gasteiger partial charge in [-0.3, -0.25) is 0 Å². The molecule has 2 aromatic carbocycles. The van der Waals surface area contributed by atoms with Gasteiger partial charge in [-0.1, -0.05) is 95.2 Å². The molecule has 0 bridgehead atoms. The molecule has 1 aliphatic carbocycles. The van der Waals surface area contributed by atoms with Crippen LogP contribution in [0.1, 0.15) is 96.5 Å². The highest BCUT2D eigenvalue weighted by Gasteiger charge is 2.43. The maximum absolute atomic E-state index is 13.0. The molecule has 1 saturated carbocycles. The van der Waals surface area contributed by atoms with Crippen molar-refractivity contribution >= 4 is 5.97 Å². The lowest BCUT2D eigenvalue weighted by molar-refractivity contribution is -0.144. The Balaban J connectivity index is 1.53. The normalized spacial score (nSPS) is 20.0. The van der Waals surface area contributed by atoms with Gasteiger partial charge in [0.1, 0.15) is 5.75 Å². The van der Waals surface area contributed by atoms with Gasteiger partial charge in [-0.15, -0.1) is 0 Å². The predicted molar refractivity (Wildman–Crippen MR) is 140 cm³/mol. The minimum absolute atomic E-state index is 0.387. The van der Waals surface area contributed by atoms with Crippen LogP contribution in [0.5, 0.6) is 5.75 Å². The Bertz CT molecular complexity index is 915. The van der Waals surface area contributed by atoms with Crippen LogP contribution in [-0.4, -0.2) is 5.97 Å². The van der Waals surface area contributed by atoms with E-state index in [1.54, 1.807) is 0 Å². The molecule has 0 heterocycles. The van der Waals surface area contributed by atoms with E-state index in [-0.39, 0.29) is 5.97 Å². The first kappa shape index (κ1) is 26.0. The van der Waals surface area contributed by atoms with Crippen LogP contribution in [0.3, 0.4) is 0 Å². The molecule has 0 saturated heterocycles. The summed E-state index contributed by atoms with van der Waals surface area (Å²) in [4.78, 5) is 13.0. The summed E-state index contributed by atoms with van der Waals surface area (Å²) in [5.41, 5.74) is 2.64. The molecule has 3 heteroatoms. The van der Waals surface area contributed by atoms with E-state index in [0.717, 1.165) is 30.4 Å². The number of rotatable bonds is 12. The number of hydrogen-bond acceptors (Lipinski definition) is 3. The van der Waals surface area contributed by atoms with Crippen LogP contribution >= 0.6 is 0 Å². The number of hydrogen-bond donors (Lipinski definition) is 0. The third-order valence-corrected chi connectivity index (χ3v) is 7.45. The molecule has 0 amide bonds. The molecule has 0 aromatic heterocycles. The highest BCUT2D eigenvalue weighted by atomic mass is 16.5. The molecular formula is C31H41NO2. The summed E-state index contributed by atoms with van der Waals surface area (Å²) >= 11 is 0. The van der Waals surface area contributed by atoms with Crippen molar-refractivity contribution in [2.45, 2.75) is 97.3 Å². The molecule has 0 radical (unpaired) electrons. The van der Waals surface area contributed by atoms with Gasteiger partial charge in [0, 0.05) is 0 Å². The van der Waals surface area contributed by atoms with Gasteiger partial charge in [0.15, 0.2) is 5.41 Å². The molecule has 0 aliphatic heterocycles. The quantitative estimate of drug-likeness (QED) is 0.181. The second-order valence-corrected chi connectivity index (χ2v) is 10.1. The predicted octanol–water partition coefficient (Wildman–Crippen LogP) is 8.66. The summed E-state index contributed by atoms with van der Waals surface area (Å²) in [6.07, 6.45) is 14.3. The Hall–Kier alpha value is -2.60. The topological polar surface area (TPSA) is 50.1 Å². The second-order valence-electron chi connectivity index (χ2n) is 10.1. The highest BCUT2D eigenvalue weighted by molar-refractivity contribution is 5.82. The van der Waals surface area contributed by atoms with E-state index in [4.69, 9.17) is 4.74 Å². The number of ether oxygens (including phenoxy) is 1. The van der Waals surface area contributed by atoms with Crippen LogP contribution in [-0.2, 0) is 11.2 Å². The van der Waals surface area contributed by atoms with Crippen LogP contribution in [0.25, 0.3) is 11.1 Å². The van der Waals surface area contributed by atoms with E-state index in [2.05, 4.69) is 44.2 Å². The number of esters is 1. The summed E-state index contributed by atoms with van der Waals surface area (Å²) < 4.78 is 5.69. The van der Waals surface area contributed by atoms with E-state index in [1.165, 1.54) is 56.9 Å². The first-order valence-corrected chi connectivity index (χ1v) is 13.4. The van der Waals surface area contributed by atoms with Crippen molar-refractivity contribution in [2.75, 3.05) is 0 Å². The number of nitriles is 1. The lowest BCUT2D eigenvalue weighted by Gasteiger charge is -2.33. The monoisotopic (exact) mass is 459 g/mol. The molecular weight excluding hydrogens is 418 g/mol. The maximum Gasteiger partial charge on any atom is 0.331 e. The van der Waals surface area contributed by atoms with Gasteiger partial charge in [-0.25, -0.2) is 4.79 Å². The minimum Gasteiger partial charge on any atom is -0.425 e. The molecule has 182 valence electrons. The lowest BCUT2D eigenvalue weighted by atomic mass is 9.70. The molecule has 34 heavy (non-hydrogen) atoms. The summed E-state index contributed by atoms with van der Waals surface area (Å²) in [5.74, 6) is 0.769. The Kier molecular flexibility index (Phi) is 10.2. The Morgan fingerprint density at radius 2 is 1.47 bits per heavy atom. The highest BCUT2D eigenvalue weighted by Crippen LogP contribution is 2.41. The first-order chi connectivity index (χ1) is 16.6. The third kappa shape index (κ3) is 7.20. The molecule has 3 nitrogen and oxygen atoms in total. The zero-order valence-corrected chi connectivity index (χ0v) is 21.2. The van der Waals surface area contributed by atoms with Crippen molar-refractivity contribution in [3.05, 3.63) is 54.1 Å². The van der Waals surface area contributed by atoms with Crippen molar-refractivity contribution in [1.82, 2.24) is 0 Å². The van der Waals surface area contributed by atoms with E-state index in [0.29, 0.717) is 24.5 Å². The number of carbonyl (C=O) groups excluding carboxylic acids is 1. The second kappa shape index (κ2) is 13.3. The number of carbonyl (C=O) groups is 1. The third-order valence-electron chi connectivity index (χ3n) is 7.45. The van der Waals surface area contributed by atoms with Gasteiger partial charge in [-0.05, 0) is 73.3 Å². The van der Waals surface area contributed by atoms with Gasteiger partial charge in [-0.2, -0.15) is 5.26 Å². The maximum atomic E-state index is 13.0. The SMILES string of the molecule is CCCCCCc1ccc(-c2ccc(OC(=O)C3(C#N)CCC(CCCCC)CC3)cc2)cc1. The van der Waals surface area contributed by atoms with Gasteiger partial charge >= 0.3 is 5.97 Å². The van der Waals surface area contributed by atoms with Crippen LogP contribution in [0.15, 0.2) is 48.5 Å². The van der Waals surface area contributed by atoms with Gasteiger partial charge < -0.3 is 4.74 Å². The van der Waals surface area contributed by atoms with E-state index < -0.39 is 5.41 Å². The fraction of sp³-hybridized carbons (Fsp3) is 0.548. The van der Waals surface area contributed by atoms with Gasteiger partial charge in [0.05, 0.1) is 6.07 Å².